The fraction of sp³-hybridized carbons (Fsp3) is 0. The van der Waals surface area contributed by atoms with Crippen LogP contribution in [0.15, 0.2) is 180 Å². The number of fused-ring (bicyclic) bond motifs is 8. The summed E-state index contributed by atoms with van der Waals surface area (Å²) in [4.78, 5) is 21.0. The van der Waals surface area contributed by atoms with Gasteiger partial charge in [-0.05, 0) is 75.8 Å². The van der Waals surface area contributed by atoms with Crippen molar-refractivity contribution in [3.63, 3.8) is 0 Å². The lowest BCUT2D eigenvalue weighted by molar-refractivity contribution is 1.36. The molecule has 0 aliphatic carbocycles. The summed E-state index contributed by atoms with van der Waals surface area (Å²) < 4.78 is 0. The second-order valence-electron chi connectivity index (χ2n) is 13.3. The number of nitrogens with zero attached hydrogens (tertiary/aromatic N) is 4. The Balaban J connectivity index is 1.28. The molecule has 4 heteroatoms. The van der Waals surface area contributed by atoms with Gasteiger partial charge in [0.25, 0.3) is 0 Å². The van der Waals surface area contributed by atoms with Crippen molar-refractivity contribution in [2.45, 2.75) is 0 Å². The predicted octanol–water partition coefficient (Wildman–Crippen LogP) is 10.9. The van der Waals surface area contributed by atoms with Crippen LogP contribution in [0.1, 0.15) is 0 Å². The maximum Gasteiger partial charge on any atom is 0.0979 e. The SMILES string of the molecule is c1ccc(-c2ccc3c(c2-c2ccccc2-c2c(-c4ccccc4)ccc4nc5ccccc5nc24)-c2c4c(ccc2=N3)=c2ccccc2=N4)cc1. The highest BCUT2D eigenvalue weighted by molar-refractivity contribution is 6.11. The average Bonchev–Trinajstić information content (AvgIpc) is 3.78. The largest absolute Gasteiger partial charge is 0.248 e. The molecule has 11 rings (SSSR count). The summed E-state index contributed by atoms with van der Waals surface area (Å²) in [5.41, 5.74) is 16.5. The Morgan fingerprint density at radius 1 is 0.308 bits per heavy atom. The van der Waals surface area contributed by atoms with Crippen molar-refractivity contribution in [1.82, 2.24) is 9.97 Å². The predicted molar refractivity (Wildman–Crippen MR) is 210 cm³/mol. The molecule has 0 spiro atoms. The Bertz CT molecular complexity index is 3170. The molecule has 0 saturated carbocycles. The van der Waals surface area contributed by atoms with Crippen LogP contribution >= 0.6 is 0 Å². The van der Waals surface area contributed by atoms with Gasteiger partial charge in [-0.15, -0.1) is 0 Å². The molecular weight excluding hydrogens is 633 g/mol. The first-order chi connectivity index (χ1) is 25.8. The van der Waals surface area contributed by atoms with E-state index >= 15 is 0 Å². The van der Waals surface area contributed by atoms with Crippen molar-refractivity contribution in [2.24, 2.45) is 9.98 Å². The Kier molecular flexibility index (Phi) is 6.22. The summed E-state index contributed by atoms with van der Waals surface area (Å²) in [6, 6.07) is 59.6. The van der Waals surface area contributed by atoms with Crippen LogP contribution in [-0.4, -0.2) is 9.97 Å². The van der Waals surface area contributed by atoms with Crippen molar-refractivity contribution < 1.29 is 0 Å². The number of rotatable bonds is 4. The second kappa shape index (κ2) is 11.2. The fourth-order valence-corrected chi connectivity index (χ4v) is 8.12. The van der Waals surface area contributed by atoms with Crippen molar-refractivity contribution in [2.75, 3.05) is 0 Å². The van der Waals surface area contributed by atoms with E-state index in [1.807, 2.05) is 24.3 Å². The van der Waals surface area contributed by atoms with E-state index in [9.17, 15) is 0 Å². The topological polar surface area (TPSA) is 50.5 Å². The smallest absolute Gasteiger partial charge is 0.0979 e. The Morgan fingerprint density at radius 2 is 0.923 bits per heavy atom. The molecule has 0 N–H and O–H groups in total. The molecule has 2 aliphatic rings. The fourth-order valence-electron chi connectivity index (χ4n) is 8.12. The summed E-state index contributed by atoms with van der Waals surface area (Å²) in [5, 5.41) is 4.24. The van der Waals surface area contributed by atoms with Gasteiger partial charge in [0, 0.05) is 32.7 Å². The van der Waals surface area contributed by atoms with Crippen molar-refractivity contribution in [3.05, 3.63) is 191 Å². The lowest BCUT2D eigenvalue weighted by Crippen LogP contribution is -2.02. The van der Waals surface area contributed by atoms with Crippen LogP contribution in [0.4, 0.5) is 11.4 Å². The van der Waals surface area contributed by atoms with E-state index in [1.165, 1.54) is 0 Å². The molecule has 0 radical (unpaired) electrons. The normalized spacial score (nSPS) is 12.2. The van der Waals surface area contributed by atoms with Gasteiger partial charge in [0.1, 0.15) is 0 Å². The van der Waals surface area contributed by atoms with Gasteiger partial charge in [-0.3, -0.25) is 0 Å². The first-order valence-corrected chi connectivity index (χ1v) is 17.6. The summed E-state index contributed by atoms with van der Waals surface area (Å²) in [6.45, 7) is 0. The molecule has 1 aromatic heterocycles. The van der Waals surface area contributed by atoms with Gasteiger partial charge in [-0.25, -0.2) is 20.0 Å². The van der Waals surface area contributed by atoms with E-state index in [0.717, 1.165) is 110 Å². The van der Waals surface area contributed by atoms with Crippen molar-refractivity contribution in [3.8, 4) is 55.6 Å². The molecule has 0 atom stereocenters. The Morgan fingerprint density at radius 3 is 1.69 bits per heavy atom. The van der Waals surface area contributed by atoms with E-state index in [0.29, 0.717) is 0 Å². The summed E-state index contributed by atoms with van der Waals surface area (Å²) in [5.74, 6) is 0. The average molecular weight is 661 g/mol. The van der Waals surface area contributed by atoms with Crippen LogP contribution in [-0.2, 0) is 0 Å². The molecular formula is C48H28N4. The van der Waals surface area contributed by atoms with Crippen LogP contribution < -0.4 is 10.7 Å². The summed E-state index contributed by atoms with van der Waals surface area (Å²) >= 11 is 0. The third-order valence-electron chi connectivity index (χ3n) is 10.4. The molecule has 0 bridgehead atoms. The minimum absolute atomic E-state index is 0.861. The molecule has 52 heavy (non-hydrogen) atoms. The quantitative estimate of drug-likeness (QED) is 0.176. The molecule has 8 aromatic carbocycles. The van der Waals surface area contributed by atoms with Gasteiger partial charge in [-0.1, -0.05) is 127 Å². The molecule has 2 aliphatic heterocycles. The zero-order valence-corrected chi connectivity index (χ0v) is 28.0. The van der Waals surface area contributed by atoms with Crippen LogP contribution in [0.5, 0.6) is 0 Å². The third-order valence-corrected chi connectivity index (χ3v) is 10.4. The number of hydrogen-bond donors (Lipinski definition) is 0. The first-order valence-electron chi connectivity index (χ1n) is 17.6. The zero-order valence-electron chi connectivity index (χ0n) is 28.0. The van der Waals surface area contributed by atoms with Gasteiger partial charge in [-0.2, -0.15) is 0 Å². The molecule has 240 valence electrons. The summed E-state index contributed by atoms with van der Waals surface area (Å²) in [6.07, 6.45) is 0. The van der Waals surface area contributed by atoms with Gasteiger partial charge < -0.3 is 0 Å². The highest BCUT2D eigenvalue weighted by Gasteiger charge is 2.28. The van der Waals surface area contributed by atoms with E-state index < -0.39 is 0 Å². The highest BCUT2D eigenvalue weighted by Crippen LogP contribution is 2.52. The third kappa shape index (κ3) is 4.28. The lowest BCUT2D eigenvalue weighted by Gasteiger charge is -2.21. The number of benzene rings is 8. The number of hydrogen-bond acceptors (Lipinski definition) is 4. The molecule has 9 aromatic rings. The van der Waals surface area contributed by atoms with Gasteiger partial charge >= 0.3 is 0 Å². The molecule has 0 unspecified atom stereocenters. The Labute approximate surface area is 299 Å². The standard InChI is InChI=1S/C48H28N4/c1-3-13-29(14-4-1)31-23-26-40-45(46-41(50-40)27-25-36-33-17-9-10-20-37(33)51-47(36)46)43(31)34-18-7-8-19-35(34)44-32(30-15-5-2-6-16-30)24-28-42-48(44)52-39-22-12-11-21-38(39)49-42/h1-28H. The van der Waals surface area contributed by atoms with E-state index in [2.05, 4.69) is 146 Å². The zero-order chi connectivity index (χ0) is 34.2. The maximum atomic E-state index is 5.34. The van der Waals surface area contributed by atoms with Crippen molar-refractivity contribution >= 4 is 33.4 Å². The monoisotopic (exact) mass is 660 g/mol. The molecule has 0 fully saturated rings. The van der Waals surface area contributed by atoms with Crippen LogP contribution in [0, 0.1) is 10.4 Å². The van der Waals surface area contributed by atoms with Crippen LogP contribution in [0.25, 0.3) is 77.7 Å². The van der Waals surface area contributed by atoms with Crippen LogP contribution in [0.3, 0.4) is 0 Å². The molecule has 3 heterocycles. The van der Waals surface area contributed by atoms with Crippen LogP contribution in [0.2, 0.25) is 0 Å². The van der Waals surface area contributed by atoms with E-state index in [1.54, 1.807) is 0 Å². The Hall–Kier alpha value is -7.04. The number of aromatic nitrogens is 2. The number of para-hydroxylation sites is 3. The van der Waals surface area contributed by atoms with Gasteiger partial charge in [0.15, 0.2) is 0 Å². The molecule has 0 amide bonds. The molecule has 4 nitrogen and oxygen atoms in total. The van der Waals surface area contributed by atoms with E-state index in [4.69, 9.17) is 20.0 Å². The van der Waals surface area contributed by atoms with E-state index in [-0.39, 0.29) is 0 Å². The minimum Gasteiger partial charge on any atom is -0.248 e. The van der Waals surface area contributed by atoms with Gasteiger partial charge in [0.2, 0.25) is 0 Å². The van der Waals surface area contributed by atoms with Gasteiger partial charge in [0.05, 0.1) is 44.2 Å². The summed E-state index contributed by atoms with van der Waals surface area (Å²) in [7, 11) is 0. The second-order valence-corrected chi connectivity index (χ2v) is 13.3. The molecule has 0 saturated heterocycles. The minimum atomic E-state index is 0.861. The first kappa shape index (κ1) is 28.8. The maximum absolute atomic E-state index is 5.34. The highest BCUT2D eigenvalue weighted by atomic mass is 14.8. The lowest BCUT2D eigenvalue weighted by atomic mass is 9.82. The van der Waals surface area contributed by atoms with Crippen molar-refractivity contribution in [1.29, 1.82) is 0 Å².